The van der Waals surface area contributed by atoms with Crippen LogP contribution in [0.3, 0.4) is 0 Å². The first kappa shape index (κ1) is 17.5. The highest BCUT2D eigenvalue weighted by Gasteiger charge is 2.29. The number of fused-ring (bicyclic) bond motifs is 1. The van der Waals surface area contributed by atoms with Crippen molar-refractivity contribution in [2.75, 3.05) is 44.7 Å². The molecule has 3 aliphatic heterocycles. The van der Waals surface area contributed by atoms with Crippen LogP contribution in [0.25, 0.3) is 4.85 Å². The number of hydrogen-bond donors (Lipinski definition) is 1. The Balaban J connectivity index is 1.52. The molecule has 140 valence electrons. The van der Waals surface area contributed by atoms with E-state index in [9.17, 15) is 0 Å². The van der Waals surface area contributed by atoms with Gasteiger partial charge in [0.1, 0.15) is 12.4 Å². The number of likely N-dealkylation sites (N-methyl/N-ethyl adjacent to an activating group) is 1. The molecule has 7 heteroatoms. The van der Waals surface area contributed by atoms with E-state index < -0.39 is 0 Å². The number of nitrogens with one attached hydrogen (secondary N) is 1. The van der Waals surface area contributed by atoms with Crippen LogP contribution in [0.15, 0.2) is 0 Å². The fourth-order valence-corrected chi connectivity index (χ4v) is 4.35. The number of ether oxygens (including phenoxy) is 1. The fraction of sp³-hybridized carbons (Fsp3) is 0.737. The summed E-state index contributed by atoms with van der Waals surface area (Å²) in [5.41, 5.74) is 2.27. The lowest BCUT2D eigenvalue weighted by Gasteiger charge is -2.32. The first-order valence-corrected chi connectivity index (χ1v) is 9.76. The van der Waals surface area contributed by atoms with Crippen molar-refractivity contribution in [2.24, 2.45) is 5.92 Å². The Labute approximate surface area is 155 Å². The van der Waals surface area contributed by atoms with Gasteiger partial charge in [0, 0.05) is 43.7 Å². The molecule has 3 aliphatic rings. The van der Waals surface area contributed by atoms with Crippen molar-refractivity contribution in [3.05, 3.63) is 22.7 Å². The number of anilines is 1. The van der Waals surface area contributed by atoms with Crippen molar-refractivity contribution in [2.45, 2.75) is 44.8 Å². The fourth-order valence-electron chi connectivity index (χ4n) is 4.35. The smallest absolute Gasteiger partial charge is 0.318 e. The second-order valence-electron chi connectivity index (χ2n) is 7.74. The van der Waals surface area contributed by atoms with E-state index in [0.29, 0.717) is 31.1 Å². The van der Waals surface area contributed by atoms with Gasteiger partial charge in [-0.05, 0) is 39.3 Å². The summed E-state index contributed by atoms with van der Waals surface area (Å²) in [7, 11) is 2.16. The Bertz CT molecular complexity index is 687. The molecule has 1 aromatic heterocycles. The Hall–Kier alpha value is -1.91. The van der Waals surface area contributed by atoms with Gasteiger partial charge in [0.15, 0.2) is 0 Å². The maximum atomic E-state index is 7.17. The summed E-state index contributed by atoms with van der Waals surface area (Å²) in [6.45, 7) is 13.1. The average molecular weight is 356 g/mol. The van der Waals surface area contributed by atoms with E-state index in [-0.39, 0.29) is 0 Å². The topological polar surface area (TPSA) is 57.9 Å². The minimum absolute atomic E-state index is 0.442. The standard InChI is InChI=1S/C19H28N6O/c1-20-9-14-5-3-8-25(12-14)18-16-10-21-11-17(16)22-19(23-18)26-13-15-6-4-7-24(15)2/h14-15,21H,3-13H2,2H3. The lowest BCUT2D eigenvalue weighted by atomic mass is 9.98. The molecule has 4 heterocycles. The lowest BCUT2D eigenvalue weighted by Crippen LogP contribution is -2.37. The second-order valence-corrected chi connectivity index (χ2v) is 7.74. The maximum absolute atomic E-state index is 7.17. The first-order valence-electron chi connectivity index (χ1n) is 9.76. The van der Waals surface area contributed by atoms with E-state index in [2.05, 4.69) is 32.0 Å². The number of likely N-dealkylation sites (tertiary alicyclic amines) is 1. The SMILES string of the molecule is [C-]#[N+]CC1CCCN(c2nc(OCC3CCCN3C)nc3c2CNC3)C1. The van der Waals surface area contributed by atoms with E-state index in [4.69, 9.17) is 16.3 Å². The van der Waals surface area contributed by atoms with Crippen molar-refractivity contribution < 1.29 is 4.74 Å². The molecule has 0 spiro atoms. The van der Waals surface area contributed by atoms with E-state index in [1.54, 1.807) is 0 Å². The van der Waals surface area contributed by atoms with E-state index in [0.717, 1.165) is 57.1 Å². The zero-order valence-electron chi connectivity index (χ0n) is 15.6. The quantitative estimate of drug-likeness (QED) is 0.811. The molecule has 7 nitrogen and oxygen atoms in total. The molecule has 26 heavy (non-hydrogen) atoms. The third-order valence-electron chi connectivity index (χ3n) is 5.89. The molecule has 1 aromatic rings. The highest BCUT2D eigenvalue weighted by molar-refractivity contribution is 5.52. The summed E-state index contributed by atoms with van der Waals surface area (Å²) in [4.78, 5) is 17.8. The van der Waals surface area contributed by atoms with Gasteiger partial charge < -0.3 is 24.7 Å². The third kappa shape index (κ3) is 3.62. The predicted octanol–water partition coefficient (Wildman–Crippen LogP) is 1.69. The van der Waals surface area contributed by atoms with E-state index in [1.165, 1.54) is 18.4 Å². The molecule has 1 N–H and O–H groups in total. The number of piperidine rings is 1. The summed E-state index contributed by atoms with van der Waals surface area (Å²) in [6.07, 6.45) is 4.68. The number of rotatable bonds is 5. The molecular formula is C19H28N6O. The van der Waals surface area contributed by atoms with Crippen LogP contribution < -0.4 is 15.0 Å². The Morgan fingerprint density at radius 1 is 1.23 bits per heavy atom. The van der Waals surface area contributed by atoms with Crippen LogP contribution in [0.5, 0.6) is 6.01 Å². The van der Waals surface area contributed by atoms with Gasteiger partial charge in [-0.25, -0.2) is 6.57 Å². The molecule has 2 saturated heterocycles. The van der Waals surface area contributed by atoms with Gasteiger partial charge in [-0.15, -0.1) is 0 Å². The van der Waals surface area contributed by atoms with Gasteiger partial charge in [0.25, 0.3) is 0 Å². The van der Waals surface area contributed by atoms with E-state index in [1.807, 2.05) is 0 Å². The van der Waals surface area contributed by atoms with Crippen LogP contribution in [0.4, 0.5) is 5.82 Å². The molecule has 2 atom stereocenters. The van der Waals surface area contributed by atoms with Crippen molar-refractivity contribution >= 4 is 5.82 Å². The molecule has 0 saturated carbocycles. The summed E-state index contributed by atoms with van der Waals surface area (Å²) in [5, 5.41) is 3.39. The monoisotopic (exact) mass is 356 g/mol. The van der Waals surface area contributed by atoms with Gasteiger partial charge in [-0.3, -0.25) is 0 Å². The largest absolute Gasteiger partial charge is 0.462 e. The molecule has 0 bridgehead atoms. The highest BCUT2D eigenvalue weighted by Crippen LogP contribution is 2.30. The van der Waals surface area contributed by atoms with Crippen LogP contribution in [0.1, 0.15) is 36.9 Å². The second kappa shape index (κ2) is 7.77. The number of nitrogens with zero attached hydrogens (tertiary/aromatic N) is 5. The summed E-state index contributed by atoms with van der Waals surface area (Å²) in [6, 6.07) is 0.974. The summed E-state index contributed by atoms with van der Waals surface area (Å²) < 4.78 is 6.02. The average Bonchev–Trinajstić information content (AvgIpc) is 3.28. The Kier molecular flexibility index (Phi) is 5.23. The minimum atomic E-state index is 0.442. The molecule has 4 rings (SSSR count). The normalized spacial score (nSPS) is 25.9. The van der Waals surface area contributed by atoms with Crippen molar-refractivity contribution in [1.29, 1.82) is 0 Å². The van der Waals surface area contributed by atoms with Gasteiger partial charge >= 0.3 is 6.01 Å². The number of aromatic nitrogens is 2. The molecule has 0 amide bonds. The van der Waals surface area contributed by atoms with Gasteiger partial charge in [-0.1, -0.05) is 0 Å². The van der Waals surface area contributed by atoms with Gasteiger partial charge in [0.05, 0.1) is 5.69 Å². The van der Waals surface area contributed by atoms with Crippen LogP contribution in [-0.4, -0.2) is 60.7 Å². The maximum Gasteiger partial charge on any atom is 0.318 e. The van der Waals surface area contributed by atoms with Crippen molar-refractivity contribution in [3.63, 3.8) is 0 Å². The number of hydrogen-bond acceptors (Lipinski definition) is 6. The highest BCUT2D eigenvalue weighted by atomic mass is 16.5. The van der Waals surface area contributed by atoms with Crippen LogP contribution in [0, 0.1) is 12.5 Å². The Morgan fingerprint density at radius 3 is 2.92 bits per heavy atom. The van der Waals surface area contributed by atoms with Crippen LogP contribution >= 0.6 is 0 Å². The van der Waals surface area contributed by atoms with Crippen molar-refractivity contribution in [1.82, 2.24) is 20.2 Å². The Morgan fingerprint density at radius 2 is 2.12 bits per heavy atom. The molecule has 0 radical (unpaired) electrons. The molecule has 2 unspecified atom stereocenters. The zero-order chi connectivity index (χ0) is 17.9. The minimum Gasteiger partial charge on any atom is -0.462 e. The van der Waals surface area contributed by atoms with Crippen molar-refractivity contribution in [3.8, 4) is 6.01 Å². The molecule has 0 aromatic carbocycles. The predicted molar refractivity (Wildman–Crippen MR) is 100 cm³/mol. The van der Waals surface area contributed by atoms with E-state index >= 15 is 0 Å². The van der Waals surface area contributed by atoms with Crippen LogP contribution in [0.2, 0.25) is 0 Å². The molecule has 0 aliphatic carbocycles. The molecule has 2 fully saturated rings. The zero-order valence-corrected chi connectivity index (χ0v) is 15.6. The van der Waals surface area contributed by atoms with Crippen LogP contribution in [-0.2, 0) is 13.1 Å². The first-order chi connectivity index (χ1) is 12.7. The van der Waals surface area contributed by atoms with Gasteiger partial charge in [-0.2, -0.15) is 9.97 Å². The summed E-state index contributed by atoms with van der Waals surface area (Å²) in [5.74, 6) is 1.46. The third-order valence-corrected chi connectivity index (χ3v) is 5.89. The molecular weight excluding hydrogens is 328 g/mol. The van der Waals surface area contributed by atoms with Gasteiger partial charge in [0.2, 0.25) is 6.54 Å². The lowest BCUT2D eigenvalue weighted by molar-refractivity contribution is 0.187. The summed E-state index contributed by atoms with van der Waals surface area (Å²) >= 11 is 0.